The first kappa shape index (κ1) is 14.4. The minimum Gasteiger partial charge on any atom is -0.375 e. The summed E-state index contributed by atoms with van der Waals surface area (Å²) in [7, 11) is 0. The zero-order valence-corrected chi connectivity index (χ0v) is 12.9. The number of hydrogen-bond donors (Lipinski definition) is 2. The van der Waals surface area contributed by atoms with Crippen LogP contribution in [0.1, 0.15) is 27.9 Å². The quantitative estimate of drug-likeness (QED) is 0.846. The number of nitrogens with one attached hydrogen (secondary N) is 1. The first-order valence-electron chi connectivity index (χ1n) is 7.48. The predicted octanol–water partition coefficient (Wildman–Crippen LogP) is 2.93. The molecule has 0 radical (unpaired) electrons. The highest BCUT2D eigenvalue weighted by Gasteiger charge is 2.54. The highest BCUT2D eigenvalue weighted by molar-refractivity contribution is 6.31. The Morgan fingerprint density at radius 3 is 2.78 bits per heavy atom. The fourth-order valence-electron chi connectivity index (χ4n) is 3.62. The molecule has 0 fully saturated rings. The molecule has 0 aromatic heterocycles. The summed E-state index contributed by atoms with van der Waals surface area (Å²) in [5, 5.41) is 14.2. The Hall–Kier alpha value is -2.17. The van der Waals surface area contributed by atoms with E-state index in [9.17, 15) is 14.7 Å². The number of benzene rings is 2. The van der Waals surface area contributed by atoms with E-state index in [-0.39, 0.29) is 5.78 Å². The number of aliphatic hydroxyl groups is 1. The number of carbonyl (C=O) groups excluding carboxylic acids is 2. The summed E-state index contributed by atoms with van der Waals surface area (Å²) in [6.45, 7) is 0. The normalized spacial score (nSPS) is 25.7. The molecule has 2 aromatic rings. The van der Waals surface area contributed by atoms with Crippen molar-refractivity contribution in [1.29, 1.82) is 0 Å². The van der Waals surface area contributed by atoms with E-state index in [1.165, 1.54) is 0 Å². The molecule has 4 rings (SSSR count). The lowest BCUT2D eigenvalue weighted by atomic mass is 9.71. The van der Waals surface area contributed by atoms with E-state index in [1.807, 2.05) is 12.1 Å². The van der Waals surface area contributed by atoms with Crippen LogP contribution < -0.4 is 5.32 Å². The van der Waals surface area contributed by atoms with Crippen LogP contribution >= 0.6 is 11.6 Å². The van der Waals surface area contributed by atoms with E-state index in [4.69, 9.17) is 11.6 Å². The van der Waals surface area contributed by atoms with Crippen molar-refractivity contribution < 1.29 is 14.7 Å². The number of amides is 1. The molecular formula is C18H14ClNO3. The van der Waals surface area contributed by atoms with E-state index < -0.39 is 17.4 Å². The summed E-state index contributed by atoms with van der Waals surface area (Å²) in [6, 6.07) is 12.2. The molecule has 2 N–H and O–H groups in total. The van der Waals surface area contributed by atoms with Crippen molar-refractivity contribution in [3.8, 4) is 0 Å². The van der Waals surface area contributed by atoms with Crippen molar-refractivity contribution in [2.45, 2.75) is 18.4 Å². The molecule has 0 saturated heterocycles. The van der Waals surface area contributed by atoms with Crippen LogP contribution in [0.3, 0.4) is 0 Å². The summed E-state index contributed by atoms with van der Waals surface area (Å²) in [5.41, 5.74) is 0.564. The SMILES string of the molecule is O=C1c2ccccc2CC[C@H]1[C@]1(O)C(=O)Nc2ccc(Cl)cc21. The molecule has 1 aliphatic carbocycles. The van der Waals surface area contributed by atoms with Crippen LogP contribution in [0.4, 0.5) is 5.69 Å². The third-order valence-corrected chi connectivity index (χ3v) is 5.03. The first-order chi connectivity index (χ1) is 11.0. The molecule has 1 aliphatic heterocycles. The summed E-state index contributed by atoms with van der Waals surface area (Å²) < 4.78 is 0. The number of aryl methyl sites for hydroxylation is 1. The zero-order chi connectivity index (χ0) is 16.2. The van der Waals surface area contributed by atoms with Gasteiger partial charge in [-0.1, -0.05) is 35.9 Å². The molecule has 0 saturated carbocycles. The molecule has 0 spiro atoms. The van der Waals surface area contributed by atoms with Gasteiger partial charge in [0.25, 0.3) is 5.91 Å². The lowest BCUT2D eigenvalue weighted by Crippen LogP contribution is -2.47. The molecule has 2 atom stereocenters. The Morgan fingerprint density at radius 2 is 1.96 bits per heavy atom. The molecular weight excluding hydrogens is 314 g/mol. The maximum absolute atomic E-state index is 12.9. The number of anilines is 1. The lowest BCUT2D eigenvalue weighted by Gasteiger charge is -2.33. The number of carbonyl (C=O) groups is 2. The number of fused-ring (bicyclic) bond motifs is 2. The summed E-state index contributed by atoms with van der Waals surface area (Å²) in [5.74, 6) is -1.57. The van der Waals surface area contributed by atoms with Gasteiger partial charge in [-0.15, -0.1) is 0 Å². The van der Waals surface area contributed by atoms with Crippen LogP contribution in [0.5, 0.6) is 0 Å². The van der Waals surface area contributed by atoms with Gasteiger partial charge < -0.3 is 10.4 Å². The highest BCUT2D eigenvalue weighted by atomic mass is 35.5. The minimum absolute atomic E-state index is 0.197. The molecule has 1 amide bonds. The molecule has 1 heterocycles. The Morgan fingerprint density at radius 1 is 1.17 bits per heavy atom. The van der Waals surface area contributed by atoms with Crippen molar-refractivity contribution >= 4 is 29.0 Å². The summed E-state index contributed by atoms with van der Waals surface area (Å²) in [6.07, 6.45) is 1.07. The second kappa shape index (κ2) is 4.91. The maximum atomic E-state index is 12.9. The standard InChI is InChI=1S/C18H14ClNO3/c19-11-6-8-15-14(9-11)18(23,17(22)20-15)13-7-5-10-3-1-2-4-12(10)16(13)21/h1-4,6,8-9,13,23H,5,7H2,(H,20,22)/t13-,18-/m1/s1. The molecule has 116 valence electrons. The Labute approximate surface area is 138 Å². The van der Waals surface area contributed by atoms with Gasteiger partial charge in [0.05, 0.1) is 5.92 Å². The van der Waals surface area contributed by atoms with Gasteiger partial charge in [-0.3, -0.25) is 9.59 Å². The second-order valence-electron chi connectivity index (χ2n) is 6.02. The van der Waals surface area contributed by atoms with Crippen LogP contribution in [-0.2, 0) is 16.8 Å². The van der Waals surface area contributed by atoms with Gasteiger partial charge in [0, 0.05) is 21.8 Å². The van der Waals surface area contributed by atoms with Crippen molar-refractivity contribution in [3.63, 3.8) is 0 Å². The van der Waals surface area contributed by atoms with Gasteiger partial charge in [0.1, 0.15) is 0 Å². The number of ketones is 1. The highest BCUT2D eigenvalue weighted by Crippen LogP contribution is 2.46. The van der Waals surface area contributed by atoms with Gasteiger partial charge in [0.2, 0.25) is 0 Å². The number of halogens is 1. The van der Waals surface area contributed by atoms with Crippen molar-refractivity contribution in [2.24, 2.45) is 5.92 Å². The van der Waals surface area contributed by atoms with Crippen LogP contribution in [0, 0.1) is 5.92 Å². The van der Waals surface area contributed by atoms with Crippen molar-refractivity contribution in [2.75, 3.05) is 5.32 Å². The van der Waals surface area contributed by atoms with Crippen LogP contribution in [-0.4, -0.2) is 16.8 Å². The molecule has 2 aliphatic rings. The fourth-order valence-corrected chi connectivity index (χ4v) is 3.79. The second-order valence-corrected chi connectivity index (χ2v) is 6.46. The van der Waals surface area contributed by atoms with Crippen molar-refractivity contribution in [3.05, 3.63) is 64.2 Å². The van der Waals surface area contributed by atoms with E-state index in [1.54, 1.807) is 30.3 Å². The predicted molar refractivity (Wildman–Crippen MR) is 86.6 cm³/mol. The van der Waals surface area contributed by atoms with Crippen LogP contribution in [0.25, 0.3) is 0 Å². The molecule has 23 heavy (non-hydrogen) atoms. The van der Waals surface area contributed by atoms with Gasteiger partial charge in [-0.2, -0.15) is 0 Å². The minimum atomic E-state index is -1.87. The lowest BCUT2D eigenvalue weighted by molar-refractivity contribution is -0.138. The van der Waals surface area contributed by atoms with Gasteiger partial charge in [-0.25, -0.2) is 0 Å². The Kier molecular flexibility index (Phi) is 3.08. The van der Waals surface area contributed by atoms with E-state index in [2.05, 4.69) is 5.32 Å². The van der Waals surface area contributed by atoms with Crippen molar-refractivity contribution in [1.82, 2.24) is 0 Å². The number of hydrogen-bond acceptors (Lipinski definition) is 3. The van der Waals surface area contributed by atoms with Gasteiger partial charge in [-0.05, 0) is 36.6 Å². The van der Waals surface area contributed by atoms with Gasteiger partial charge >= 0.3 is 0 Å². The van der Waals surface area contributed by atoms with Gasteiger partial charge in [0.15, 0.2) is 11.4 Å². The van der Waals surface area contributed by atoms with E-state index in [0.717, 1.165) is 5.56 Å². The monoisotopic (exact) mass is 327 g/mol. The Bertz CT molecular complexity index is 848. The number of rotatable bonds is 1. The average Bonchev–Trinajstić information content (AvgIpc) is 2.80. The third-order valence-electron chi connectivity index (χ3n) is 4.79. The Balaban J connectivity index is 1.84. The zero-order valence-electron chi connectivity index (χ0n) is 12.2. The molecule has 0 unspecified atom stereocenters. The van der Waals surface area contributed by atoms with Crippen LogP contribution in [0.2, 0.25) is 5.02 Å². The number of Topliss-reactive ketones (excluding diaryl/α,β-unsaturated/α-hetero) is 1. The molecule has 5 heteroatoms. The topological polar surface area (TPSA) is 66.4 Å². The molecule has 0 bridgehead atoms. The molecule has 4 nitrogen and oxygen atoms in total. The maximum Gasteiger partial charge on any atom is 0.261 e. The summed E-state index contributed by atoms with van der Waals surface area (Å²) >= 11 is 6.02. The summed E-state index contributed by atoms with van der Waals surface area (Å²) in [4.78, 5) is 25.3. The fraction of sp³-hybridized carbons (Fsp3) is 0.222. The van der Waals surface area contributed by atoms with E-state index >= 15 is 0 Å². The third kappa shape index (κ3) is 1.95. The van der Waals surface area contributed by atoms with E-state index in [0.29, 0.717) is 34.7 Å². The first-order valence-corrected chi connectivity index (χ1v) is 7.85. The molecule has 2 aromatic carbocycles. The average molecular weight is 328 g/mol. The largest absolute Gasteiger partial charge is 0.375 e. The van der Waals surface area contributed by atoms with Crippen LogP contribution in [0.15, 0.2) is 42.5 Å². The smallest absolute Gasteiger partial charge is 0.261 e.